The Balaban J connectivity index is 1.53. The van der Waals surface area contributed by atoms with Crippen LogP contribution in [0.15, 0.2) is 48.5 Å². The highest BCUT2D eigenvalue weighted by atomic mass is 19.4. The summed E-state index contributed by atoms with van der Waals surface area (Å²) < 4.78 is 54.2. The summed E-state index contributed by atoms with van der Waals surface area (Å²) in [5, 5.41) is 0. The maximum absolute atomic E-state index is 13.8. The van der Waals surface area contributed by atoms with Crippen LogP contribution in [0.5, 0.6) is 5.75 Å². The van der Waals surface area contributed by atoms with Crippen molar-refractivity contribution < 1.29 is 22.3 Å². The first-order chi connectivity index (χ1) is 11.9. The Bertz CT molecular complexity index is 695. The number of para-hydroxylation sites is 1. The van der Waals surface area contributed by atoms with Gasteiger partial charge in [0.1, 0.15) is 11.6 Å². The van der Waals surface area contributed by atoms with E-state index in [1.807, 2.05) is 11.0 Å². The van der Waals surface area contributed by atoms with E-state index in [0.717, 1.165) is 18.7 Å². The largest absolute Gasteiger partial charge is 0.573 e. The van der Waals surface area contributed by atoms with Gasteiger partial charge in [-0.3, -0.25) is 4.90 Å². The van der Waals surface area contributed by atoms with Gasteiger partial charge in [-0.2, -0.15) is 0 Å². The van der Waals surface area contributed by atoms with Crippen LogP contribution in [0, 0.1) is 5.82 Å². The maximum Gasteiger partial charge on any atom is 0.573 e. The second-order valence-corrected chi connectivity index (χ2v) is 5.91. The predicted octanol–water partition coefficient (Wildman–Crippen LogP) is 4.05. The number of hydrogen-bond acceptors (Lipinski definition) is 3. The molecule has 0 radical (unpaired) electrons. The fraction of sp³-hybridized carbons (Fsp3) is 0.333. The molecule has 2 aromatic rings. The molecule has 0 amide bonds. The molecule has 3 rings (SSSR count). The predicted molar refractivity (Wildman–Crippen MR) is 87.0 cm³/mol. The van der Waals surface area contributed by atoms with E-state index in [1.165, 1.54) is 18.2 Å². The third kappa shape index (κ3) is 4.85. The SMILES string of the molecule is Fc1ccccc1N1CCN(Cc2ccc(OC(F)(F)F)cc2)CC1. The highest BCUT2D eigenvalue weighted by molar-refractivity contribution is 5.48. The zero-order chi connectivity index (χ0) is 17.9. The monoisotopic (exact) mass is 354 g/mol. The first-order valence-electron chi connectivity index (χ1n) is 7.97. The van der Waals surface area contributed by atoms with Crippen LogP contribution in [0.2, 0.25) is 0 Å². The van der Waals surface area contributed by atoms with Crippen LogP contribution in [0.3, 0.4) is 0 Å². The molecule has 0 bridgehead atoms. The molecule has 1 heterocycles. The number of nitrogens with zero attached hydrogens (tertiary/aromatic N) is 2. The topological polar surface area (TPSA) is 15.7 Å². The molecule has 0 saturated carbocycles. The number of benzene rings is 2. The van der Waals surface area contributed by atoms with Crippen molar-refractivity contribution in [2.75, 3.05) is 31.1 Å². The van der Waals surface area contributed by atoms with Gasteiger partial charge in [0.25, 0.3) is 0 Å². The molecule has 134 valence electrons. The Labute approximate surface area is 143 Å². The van der Waals surface area contributed by atoms with Crippen LogP contribution in [-0.4, -0.2) is 37.4 Å². The normalized spacial score (nSPS) is 16.1. The zero-order valence-corrected chi connectivity index (χ0v) is 13.5. The summed E-state index contributed by atoms with van der Waals surface area (Å²) in [6.45, 7) is 3.56. The van der Waals surface area contributed by atoms with E-state index in [9.17, 15) is 17.6 Å². The van der Waals surface area contributed by atoms with Gasteiger partial charge >= 0.3 is 6.36 Å². The van der Waals surface area contributed by atoms with Crippen molar-refractivity contribution in [2.24, 2.45) is 0 Å². The van der Waals surface area contributed by atoms with Crippen molar-refractivity contribution in [2.45, 2.75) is 12.9 Å². The summed E-state index contributed by atoms with van der Waals surface area (Å²) in [5.74, 6) is -0.447. The van der Waals surface area contributed by atoms with Gasteiger partial charge < -0.3 is 9.64 Å². The van der Waals surface area contributed by atoms with Gasteiger partial charge in [-0.05, 0) is 29.8 Å². The van der Waals surface area contributed by atoms with Gasteiger partial charge in [0.15, 0.2) is 0 Å². The second-order valence-electron chi connectivity index (χ2n) is 5.91. The third-order valence-electron chi connectivity index (χ3n) is 4.13. The Kier molecular flexibility index (Phi) is 5.13. The molecule has 2 aromatic carbocycles. The van der Waals surface area contributed by atoms with E-state index in [4.69, 9.17) is 0 Å². The average Bonchev–Trinajstić information content (AvgIpc) is 2.57. The quantitative estimate of drug-likeness (QED) is 0.771. The van der Waals surface area contributed by atoms with Gasteiger partial charge in [0.2, 0.25) is 0 Å². The van der Waals surface area contributed by atoms with E-state index in [2.05, 4.69) is 9.64 Å². The van der Waals surface area contributed by atoms with E-state index < -0.39 is 6.36 Å². The average molecular weight is 354 g/mol. The summed E-state index contributed by atoms with van der Waals surface area (Å²) >= 11 is 0. The number of piperazine rings is 1. The molecule has 0 unspecified atom stereocenters. The minimum absolute atomic E-state index is 0.222. The molecule has 3 nitrogen and oxygen atoms in total. The Morgan fingerprint density at radius 1 is 0.880 bits per heavy atom. The lowest BCUT2D eigenvalue weighted by Crippen LogP contribution is -2.46. The molecule has 0 atom stereocenters. The Morgan fingerprint density at radius 3 is 2.12 bits per heavy atom. The fourth-order valence-corrected chi connectivity index (χ4v) is 2.91. The Morgan fingerprint density at radius 2 is 1.52 bits per heavy atom. The smallest absolute Gasteiger partial charge is 0.406 e. The molecule has 0 N–H and O–H groups in total. The molecule has 1 saturated heterocycles. The number of halogens is 4. The number of rotatable bonds is 4. The summed E-state index contributed by atoms with van der Waals surface area (Å²) in [7, 11) is 0. The van der Waals surface area contributed by atoms with Gasteiger partial charge in [-0.25, -0.2) is 4.39 Å². The van der Waals surface area contributed by atoms with Gasteiger partial charge in [-0.15, -0.1) is 13.2 Å². The molecule has 1 aliphatic rings. The van der Waals surface area contributed by atoms with Gasteiger partial charge in [0, 0.05) is 32.7 Å². The number of anilines is 1. The Hall–Kier alpha value is -2.28. The van der Waals surface area contributed by atoms with Crippen LogP contribution in [0.25, 0.3) is 0 Å². The highest BCUT2D eigenvalue weighted by Crippen LogP contribution is 2.24. The summed E-state index contributed by atoms with van der Waals surface area (Å²) in [5.41, 5.74) is 1.52. The number of hydrogen-bond donors (Lipinski definition) is 0. The molecule has 7 heteroatoms. The summed E-state index contributed by atoms with van der Waals surface area (Å²) in [4.78, 5) is 4.20. The second kappa shape index (κ2) is 7.31. The molecule has 25 heavy (non-hydrogen) atoms. The van der Waals surface area contributed by atoms with Crippen LogP contribution in [-0.2, 0) is 6.54 Å². The zero-order valence-electron chi connectivity index (χ0n) is 13.5. The van der Waals surface area contributed by atoms with Crippen LogP contribution in [0.1, 0.15) is 5.56 Å². The standard InChI is InChI=1S/C18H18F4N2O/c19-16-3-1-2-4-17(16)24-11-9-23(10-12-24)13-14-5-7-15(8-6-14)25-18(20,21)22/h1-8H,9-13H2. The van der Waals surface area contributed by atoms with E-state index in [1.54, 1.807) is 24.3 Å². The van der Waals surface area contributed by atoms with Crippen LogP contribution >= 0.6 is 0 Å². The lowest BCUT2D eigenvalue weighted by molar-refractivity contribution is -0.274. The lowest BCUT2D eigenvalue weighted by atomic mass is 10.2. The van der Waals surface area contributed by atoms with Crippen molar-refractivity contribution in [3.05, 3.63) is 59.9 Å². The van der Waals surface area contributed by atoms with E-state index >= 15 is 0 Å². The minimum Gasteiger partial charge on any atom is -0.406 e. The molecular formula is C18H18F4N2O. The van der Waals surface area contributed by atoms with Crippen molar-refractivity contribution in [3.8, 4) is 5.75 Å². The fourth-order valence-electron chi connectivity index (χ4n) is 2.91. The van der Waals surface area contributed by atoms with Crippen LogP contribution in [0.4, 0.5) is 23.2 Å². The molecule has 1 aliphatic heterocycles. The number of ether oxygens (including phenoxy) is 1. The summed E-state index contributed by atoms with van der Waals surface area (Å²) in [6.07, 6.45) is -4.68. The van der Waals surface area contributed by atoms with E-state index in [-0.39, 0.29) is 11.6 Å². The van der Waals surface area contributed by atoms with Crippen LogP contribution < -0.4 is 9.64 Å². The molecule has 0 aliphatic carbocycles. The van der Waals surface area contributed by atoms with Crippen molar-refractivity contribution >= 4 is 5.69 Å². The van der Waals surface area contributed by atoms with Crippen molar-refractivity contribution in [1.82, 2.24) is 4.90 Å². The van der Waals surface area contributed by atoms with E-state index in [0.29, 0.717) is 25.3 Å². The summed E-state index contributed by atoms with van der Waals surface area (Å²) in [6, 6.07) is 12.6. The maximum atomic E-state index is 13.8. The first-order valence-corrected chi connectivity index (χ1v) is 7.97. The molecule has 0 aromatic heterocycles. The molecular weight excluding hydrogens is 336 g/mol. The van der Waals surface area contributed by atoms with Gasteiger partial charge in [0.05, 0.1) is 5.69 Å². The van der Waals surface area contributed by atoms with Crippen molar-refractivity contribution in [1.29, 1.82) is 0 Å². The number of alkyl halides is 3. The lowest BCUT2D eigenvalue weighted by Gasteiger charge is -2.36. The third-order valence-corrected chi connectivity index (χ3v) is 4.13. The minimum atomic E-state index is -4.68. The van der Waals surface area contributed by atoms with Gasteiger partial charge in [-0.1, -0.05) is 24.3 Å². The van der Waals surface area contributed by atoms with Crippen molar-refractivity contribution in [3.63, 3.8) is 0 Å². The first kappa shape index (κ1) is 17.5. The molecule has 1 fully saturated rings. The highest BCUT2D eigenvalue weighted by Gasteiger charge is 2.31. The molecule has 0 spiro atoms.